The number of carbonyl (C=O) groups excluding carboxylic acids is 3. The summed E-state index contributed by atoms with van der Waals surface area (Å²) in [7, 11) is 1.52. The molecule has 2 aromatic rings. The molecular formula is C23H29Cl2N5O4S. The quantitative estimate of drug-likeness (QED) is 0.428. The van der Waals surface area contributed by atoms with Crippen LogP contribution in [0.25, 0.3) is 0 Å². The lowest BCUT2D eigenvalue weighted by atomic mass is 10.2. The largest absolute Gasteiger partial charge is 0.383 e. The van der Waals surface area contributed by atoms with Crippen LogP contribution in [0.5, 0.6) is 0 Å². The fraction of sp³-hybridized carbons (Fsp3) is 0.478. The third kappa shape index (κ3) is 8.73. The number of amides is 3. The number of thiazole rings is 1. The molecule has 1 aromatic carbocycles. The summed E-state index contributed by atoms with van der Waals surface area (Å²) >= 11 is 13.2. The molecule has 1 aliphatic heterocycles. The lowest BCUT2D eigenvalue weighted by Gasteiger charge is -2.22. The fourth-order valence-electron chi connectivity index (χ4n) is 3.63. The second-order valence-corrected chi connectivity index (χ2v) is 9.79. The smallest absolute Gasteiger partial charge is 0.254 e. The highest BCUT2D eigenvalue weighted by atomic mass is 35.5. The van der Waals surface area contributed by atoms with Crippen LogP contribution in [0.3, 0.4) is 0 Å². The number of hydrogen-bond acceptors (Lipinski definition) is 7. The summed E-state index contributed by atoms with van der Waals surface area (Å²) < 4.78 is 5.07. The standard InChI is InChI=1S/C23H29Cl2N5O4S/c1-34-11-10-30(22(33)16-4-5-18(24)19(25)12-16)14-21(32)28-23-27-17(15-35-23)13-20(31)26-6-9-29-7-2-3-8-29/h4-5,12,15H,2-3,6-11,13-14H2,1H3,(H,26,31)(H,27,28,32). The van der Waals surface area contributed by atoms with E-state index in [1.54, 1.807) is 11.4 Å². The summed E-state index contributed by atoms with van der Waals surface area (Å²) in [5.41, 5.74) is 0.891. The van der Waals surface area contributed by atoms with Crippen molar-refractivity contribution in [3.05, 3.63) is 44.9 Å². The number of halogens is 2. The first-order valence-corrected chi connectivity index (χ1v) is 13.0. The van der Waals surface area contributed by atoms with Crippen molar-refractivity contribution >= 4 is 57.4 Å². The molecule has 3 amide bonds. The Bertz CT molecular complexity index is 1030. The van der Waals surface area contributed by atoms with Crippen molar-refractivity contribution in [3.63, 3.8) is 0 Å². The Labute approximate surface area is 218 Å². The van der Waals surface area contributed by atoms with Crippen molar-refractivity contribution in [2.45, 2.75) is 19.3 Å². The van der Waals surface area contributed by atoms with Gasteiger partial charge in [0, 0.05) is 37.7 Å². The molecule has 0 radical (unpaired) electrons. The van der Waals surface area contributed by atoms with Gasteiger partial charge in [-0.25, -0.2) is 4.98 Å². The molecule has 0 unspecified atom stereocenters. The molecule has 2 N–H and O–H groups in total. The zero-order valence-electron chi connectivity index (χ0n) is 19.5. The van der Waals surface area contributed by atoms with Gasteiger partial charge in [0.2, 0.25) is 11.8 Å². The van der Waals surface area contributed by atoms with Gasteiger partial charge in [-0.05, 0) is 44.1 Å². The van der Waals surface area contributed by atoms with Crippen molar-refractivity contribution in [2.75, 3.05) is 58.3 Å². The third-order valence-corrected chi connectivity index (χ3v) is 6.99. The van der Waals surface area contributed by atoms with Crippen molar-refractivity contribution in [2.24, 2.45) is 0 Å². The van der Waals surface area contributed by atoms with Gasteiger partial charge < -0.3 is 25.2 Å². The predicted octanol–water partition coefficient (Wildman–Crippen LogP) is 2.93. The highest BCUT2D eigenvalue weighted by molar-refractivity contribution is 7.13. The van der Waals surface area contributed by atoms with Gasteiger partial charge in [-0.15, -0.1) is 11.3 Å². The zero-order valence-corrected chi connectivity index (χ0v) is 21.8. The van der Waals surface area contributed by atoms with Gasteiger partial charge in [-0.3, -0.25) is 14.4 Å². The van der Waals surface area contributed by atoms with E-state index in [0.29, 0.717) is 28.0 Å². The first kappa shape index (κ1) is 27.3. The van der Waals surface area contributed by atoms with E-state index in [0.717, 1.165) is 19.6 Å². The topological polar surface area (TPSA) is 104 Å². The molecule has 0 bridgehead atoms. The Balaban J connectivity index is 1.50. The number of nitrogens with one attached hydrogen (secondary N) is 2. The van der Waals surface area contributed by atoms with Crippen molar-refractivity contribution in [1.82, 2.24) is 20.1 Å². The maximum absolute atomic E-state index is 12.9. The number of likely N-dealkylation sites (tertiary alicyclic amines) is 1. The second kappa shape index (κ2) is 13.7. The minimum atomic E-state index is -0.412. The second-order valence-electron chi connectivity index (χ2n) is 8.12. The number of anilines is 1. The number of benzene rings is 1. The molecule has 1 fully saturated rings. The number of ether oxygens (including phenoxy) is 1. The molecule has 12 heteroatoms. The van der Waals surface area contributed by atoms with Gasteiger partial charge in [0.1, 0.15) is 6.54 Å². The molecule has 1 aliphatic rings. The Kier molecular flexibility index (Phi) is 10.7. The number of carbonyl (C=O) groups is 3. The molecule has 0 aliphatic carbocycles. The maximum atomic E-state index is 12.9. The van der Waals surface area contributed by atoms with E-state index in [1.807, 2.05) is 0 Å². The van der Waals surface area contributed by atoms with Crippen LogP contribution < -0.4 is 10.6 Å². The number of aromatic nitrogens is 1. The van der Waals surface area contributed by atoms with Gasteiger partial charge in [0.05, 0.1) is 28.8 Å². The van der Waals surface area contributed by atoms with E-state index in [2.05, 4.69) is 20.5 Å². The summed E-state index contributed by atoms with van der Waals surface area (Å²) in [6, 6.07) is 4.55. The predicted molar refractivity (Wildman–Crippen MR) is 137 cm³/mol. The minimum Gasteiger partial charge on any atom is -0.383 e. The molecule has 0 spiro atoms. The Morgan fingerprint density at radius 3 is 2.66 bits per heavy atom. The number of nitrogens with zero attached hydrogens (tertiary/aromatic N) is 3. The average Bonchev–Trinajstić information content (AvgIpc) is 3.50. The van der Waals surface area contributed by atoms with Gasteiger partial charge in [0.15, 0.2) is 5.13 Å². The summed E-state index contributed by atoms with van der Waals surface area (Å²) in [6.07, 6.45) is 2.58. The van der Waals surface area contributed by atoms with Crippen LogP contribution in [-0.4, -0.2) is 85.5 Å². The van der Waals surface area contributed by atoms with Gasteiger partial charge in [-0.1, -0.05) is 23.2 Å². The Morgan fingerprint density at radius 1 is 1.17 bits per heavy atom. The van der Waals surface area contributed by atoms with E-state index in [-0.39, 0.29) is 43.0 Å². The van der Waals surface area contributed by atoms with Crippen LogP contribution in [0.2, 0.25) is 10.0 Å². The molecule has 1 aromatic heterocycles. The van der Waals surface area contributed by atoms with Gasteiger partial charge in [-0.2, -0.15) is 0 Å². The molecule has 0 saturated carbocycles. The van der Waals surface area contributed by atoms with E-state index >= 15 is 0 Å². The van der Waals surface area contributed by atoms with E-state index in [4.69, 9.17) is 27.9 Å². The lowest BCUT2D eigenvalue weighted by Crippen LogP contribution is -2.40. The first-order chi connectivity index (χ1) is 16.9. The number of hydrogen-bond donors (Lipinski definition) is 2. The molecule has 1 saturated heterocycles. The molecule has 9 nitrogen and oxygen atoms in total. The van der Waals surface area contributed by atoms with Crippen molar-refractivity contribution in [1.29, 1.82) is 0 Å². The molecular weight excluding hydrogens is 513 g/mol. The molecule has 3 rings (SSSR count). The summed E-state index contributed by atoms with van der Waals surface area (Å²) in [5, 5.41) is 8.30. The highest BCUT2D eigenvalue weighted by Gasteiger charge is 2.20. The van der Waals surface area contributed by atoms with Crippen LogP contribution in [0.15, 0.2) is 23.6 Å². The van der Waals surface area contributed by atoms with Gasteiger partial charge in [0.25, 0.3) is 5.91 Å². The SMILES string of the molecule is COCCN(CC(=O)Nc1nc(CC(=O)NCCN2CCCC2)cs1)C(=O)c1ccc(Cl)c(Cl)c1. The van der Waals surface area contributed by atoms with Crippen LogP contribution in [0.4, 0.5) is 5.13 Å². The summed E-state index contributed by atoms with van der Waals surface area (Å²) in [5.74, 6) is -0.892. The molecule has 0 atom stereocenters. The molecule has 2 heterocycles. The van der Waals surface area contributed by atoms with E-state index < -0.39 is 5.91 Å². The van der Waals surface area contributed by atoms with E-state index in [9.17, 15) is 14.4 Å². The molecule has 35 heavy (non-hydrogen) atoms. The van der Waals surface area contributed by atoms with Crippen molar-refractivity contribution in [3.8, 4) is 0 Å². The Hall–Kier alpha value is -2.24. The van der Waals surface area contributed by atoms with Crippen LogP contribution >= 0.6 is 34.5 Å². The van der Waals surface area contributed by atoms with Crippen LogP contribution in [-0.2, 0) is 20.7 Å². The lowest BCUT2D eigenvalue weighted by molar-refractivity contribution is -0.120. The monoisotopic (exact) mass is 541 g/mol. The van der Waals surface area contributed by atoms with Crippen LogP contribution in [0, 0.1) is 0 Å². The number of methoxy groups -OCH3 is 1. The number of rotatable bonds is 12. The van der Waals surface area contributed by atoms with Crippen molar-refractivity contribution < 1.29 is 19.1 Å². The normalized spacial score (nSPS) is 13.6. The first-order valence-electron chi connectivity index (χ1n) is 11.3. The Morgan fingerprint density at radius 2 is 1.94 bits per heavy atom. The zero-order chi connectivity index (χ0) is 25.2. The highest BCUT2D eigenvalue weighted by Crippen LogP contribution is 2.23. The average molecular weight is 542 g/mol. The summed E-state index contributed by atoms with van der Waals surface area (Å²) in [6.45, 7) is 3.91. The van der Waals surface area contributed by atoms with Crippen LogP contribution in [0.1, 0.15) is 28.9 Å². The summed E-state index contributed by atoms with van der Waals surface area (Å²) in [4.78, 5) is 45.8. The third-order valence-electron chi connectivity index (χ3n) is 5.44. The fourth-order valence-corrected chi connectivity index (χ4v) is 4.65. The van der Waals surface area contributed by atoms with Gasteiger partial charge >= 0.3 is 0 Å². The maximum Gasteiger partial charge on any atom is 0.254 e. The minimum absolute atomic E-state index is 0.106. The van der Waals surface area contributed by atoms with E-state index in [1.165, 1.54) is 48.3 Å². The molecule has 190 valence electrons.